The van der Waals surface area contributed by atoms with Crippen molar-refractivity contribution in [1.82, 2.24) is 9.88 Å². The molecule has 1 aliphatic rings. The SMILES string of the molecule is O=C(NCc1c(C(=O)O)n(-c2ccccc2)c2cc(Cl)ccc2c1=O)c1ccc(N2CCOCC2)cc1. The number of fused-ring (bicyclic) bond motifs is 1. The number of nitrogens with zero attached hydrogens (tertiary/aromatic N) is 2. The largest absolute Gasteiger partial charge is 0.477 e. The van der Waals surface area contributed by atoms with Gasteiger partial charge >= 0.3 is 5.97 Å². The summed E-state index contributed by atoms with van der Waals surface area (Å²) in [5, 5.41) is 13.6. The number of rotatable bonds is 6. The van der Waals surface area contributed by atoms with Crippen LogP contribution in [0.4, 0.5) is 5.69 Å². The third kappa shape index (κ3) is 4.94. The number of hydrogen-bond donors (Lipinski definition) is 2. The van der Waals surface area contributed by atoms with Gasteiger partial charge in [0.25, 0.3) is 5.91 Å². The number of anilines is 1. The van der Waals surface area contributed by atoms with E-state index in [0.29, 0.717) is 40.4 Å². The normalized spacial score (nSPS) is 13.5. The lowest BCUT2D eigenvalue weighted by Gasteiger charge is -2.28. The number of para-hydroxylation sites is 1. The Morgan fingerprint density at radius 3 is 2.32 bits per heavy atom. The molecule has 188 valence electrons. The molecule has 0 radical (unpaired) electrons. The number of aromatic nitrogens is 1. The standard InChI is InChI=1S/C28H24ClN3O5/c29-19-8-11-22-24(16-19)32(21-4-2-1-3-5-21)25(28(35)36)23(26(22)33)17-30-27(34)18-6-9-20(10-7-18)31-12-14-37-15-13-31/h1-11,16H,12-15,17H2,(H,30,34)(H,35,36). The third-order valence-corrected chi connectivity index (χ3v) is 6.61. The van der Waals surface area contributed by atoms with Gasteiger partial charge in [-0.3, -0.25) is 9.59 Å². The zero-order chi connectivity index (χ0) is 25.9. The van der Waals surface area contributed by atoms with Gasteiger partial charge in [0, 0.05) is 47.0 Å². The van der Waals surface area contributed by atoms with Gasteiger partial charge < -0.3 is 24.6 Å². The monoisotopic (exact) mass is 517 g/mol. The molecule has 2 N–H and O–H groups in total. The summed E-state index contributed by atoms with van der Waals surface area (Å²) in [5.41, 5.74) is 1.60. The van der Waals surface area contributed by atoms with Gasteiger partial charge in [-0.1, -0.05) is 29.8 Å². The second kappa shape index (κ2) is 10.5. The molecule has 1 saturated heterocycles. The van der Waals surface area contributed by atoms with Crippen molar-refractivity contribution in [2.75, 3.05) is 31.2 Å². The Kier molecular flexibility index (Phi) is 6.94. The summed E-state index contributed by atoms with van der Waals surface area (Å²) in [6.45, 7) is 2.63. The number of carboxylic acid groups (broad SMARTS) is 1. The first-order chi connectivity index (χ1) is 17.9. The first-order valence-electron chi connectivity index (χ1n) is 11.8. The number of benzene rings is 3. The van der Waals surface area contributed by atoms with Gasteiger partial charge in [0.05, 0.1) is 24.3 Å². The molecule has 0 saturated carbocycles. The van der Waals surface area contributed by atoms with Crippen molar-refractivity contribution in [1.29, 1.82) is 0 Å². The molecule has 8 nitrogen and oxygen atoms in total. The molecule has 3 aromatic carbocycles. The van der Waals surface area contributed by atoms with Crippen LogP contribution in [0.25, 0.3) is 16.6 Å². The van der Waals surface area contributed by atoms with Crippen LogP contribution in [0.15, 0.2) is 77.6 Å². The fourth-order valence-corrected chi connectivity index (χ4v) is 4.72. The van der Waals surface area contributed by atoms with Gasteiger partial charge in [-0.2, -0.15) is 0 Å². The lowest BCUT2D eigenvalue weighted by atomic mass is 10.1. The predicted octanol–water partition coefficient (Wildman–Crippen LogP) is 4.11. The second-order valence-electron chi connectivity index (χ2n) is 8.62. The first kappa shape index (κ1) is 24.5. The summed E-state index contributed by atoms with van der Waals surface area (Å²) in [7, 11) is 0. The van der Waals surface area contributed by atoms with E-state index in [4.69, 9.17) is 16.3 Å². The highest BCUT2D eigenvalue weighted by molar-refractivity contribution is 6.31. The van der Waals surface area contributed by atoms with Crippen molar-refractivity contribution in [3.05, 3.63) is 105 Å². The summed E-state index contributed by atoms with van der Waals surface area (Å²) in [6.07, 6.45) is 0. The van der Waals surface area contributed by atoms with Gasteiger partial charge in [-0.15, -0.1) is 0 Å². The molecule has 4 aromatic rings. The van der Waals surface area contributed by atoms with E-state index < -0.39 is 17.3 Å². The molecule has 1 fully saturated rings. The van der Waals surface area contributed by atoms with Crippen molar-refractivity contribution < 1.29 is 19.4 Å². The van der Waals surface area contributed by atoms with Gasteiger partial charge in [-0.25, -0.2) is 4.79 Å². The molecule has 0 bridgehead atoms. The minimum Gasteiger partial charge on any atom is -0.477 e. The van der Waals surface area contributed by atoms with Crippen LogP contribution in [0, 0.1) is 0 Å². The molecule has 0 unspecified atom stereocenters. The van der Waals surface area contributed by atoms with Crippen molar-refractivity contribution in [3.8, 4) is 5.69 Å². The van der Waals surface area contributed by atoms with E-state index >= 15 is 0 Å². The van der Waals surface area contributed by atoms with E-state index in [2.05, 4.69) is 10.2 Å². The van der Waals surface area contributed by atoms with Crippen LogP contribution >= 0.6 is 11.6 Å². The number of aromatic carboxylic acids is 1. The highest BCUT2D eigenvalue weighted by Crippen LogP contribution is 2.25. The Morgan fingerprint density at radius 1 is 0.946 bits per heavy atom. The van der Waals surface area contributed by atoms with Gasteiger partial charge in [0.15, 0.2) is 5.43 Å². The minimum absolute atomic E-state index is 0.0236. The van der Waals surface area contributed by atoms with Gasteiger partial charge in [-0.05, 0) is 54.6 Å². The van der Waals surface area contributed by atoms with Crippen LogP contribution in [0.1, 0.15) is 26.4 Å². The topological polar surface area (TPSA) is 101 Å². The molecule has 0 atom stereocenters. The fourth-order valence-electron chi connectivity index (χ4n) is 4.56. The summed E-state index contributed by atoms with van der Waals surface area (Å²) < 4.78 is 6.87. The number of carboxylic acids is 1. The number of pyridine rings is 1. The molecule has 1 aromatic heterocycles. The van der Waals surface area contributed by atoms with Crippen molar-refractivity contribution in [3.63, 3.8) is 0 Å². The third-order valence-electron chi connectivity index (χ3n) is 6.38. The van der Waals surface area contributed by atoms with Crippen molar-refractivity contribution in [2.24, 2.45) is 0 Å². The molecule has 1 aliphatic heterocycles. The second-order valence-corrected chi connectivity index (χ2v) is 9.06. The van der Waals surface area contributed by atoms with E-state index in [9.17, 15) is 19.5 Å². The Hall–Kier alpha value is -4.14. The number of carbonyl (C=O) groups excluding carboxylic acids is 1. The number of morpholine rings is 1. The number of hydrogen-bond acceptors (Lipinski definition) is 5. The van der Waals surface area contributed by atoms with Crippen LogP contribution in [-0.4, -0.2) is 47.9 Å². The highest BCUT2D eigenvalue weighted by Gasteiger charge is 2.24. The minimum atomic E-state index is -1.29. The number of amides is 1. The molecule has 37 heavy (non-hydrogen) atoms. The zero-order valence-electron chi connectivity index (χ0n) is 19.8. The molecule has 9 heteroatoms. The Balaban J connectivity index is 1.50. The average molecular weight is 518 g/mol. The van der Waals surface area contributed by atoms with E-state index in [1.54, 1.807) is 54.6 Å². The molecule has 5 rings (SSSR count). The van der Waals surface area contributed by atoms with Crippen LogP contribution in [0.3, 0.4) is 0 Å². The quantitative estimate of drug-likeness (QED) is 0.399. The highest BCUT2D eigenvalue weighted by atomic mass is 35.5. The number of ether oxygens (including phenoxy) is 1. The number of nitrogens with one attached hydrogen (secondary N) is 1. The Labute approximate surface area is 217 Å². The summed E-state index contributed by atoms with van der Waals surface area (Å²) in [5.74, 6) is -1.70. The summed E-state index contributed by atoms with van der Waals surface area (Å²) >= 11 is 6.20. The lowest BCUT2D eigenvalue weighted by molar-refractivity contribution is 0.0685. The summed E-state index contributed by atoms with van der Waals surface area (Å²) in [6, 6.07) is 20.7. The molecular formula is C28H24ClN3O5. The lowest BCUT2D eigenvalue weighted by Crippen LogP contribution is -2.36. The predicted molar refractivity (Wildman–Crippen MR) is 142 cm³/mol. The van der Waals surface area contributed by atoms with E-state index in [0.717, 1.165) is 18.8 Å². The fraction of sp³-hybridized carbons (Fsp3) is 0.179. The molecule has 0 spiro atoms. The number of halogens is 1. The van der Waals surface area contributed by atoms with Crippen molar-refractivity contribution >= 4 is 40.1 Å². The smallest absolute Gasteiger partial charge is 0.353 e. The summed E-state index contributed by atoms with van der Waals surface area (Å²) in [4.78, 5) is 41.0. The van der Waals surface area contributed by atoms with E-state index in [1.807, 2.05) is 18.2 Å². The maximum Gasteiger partial charge on any atom is 0.353 e. The van der Waals surface area contributed by atoms with Crippen LogP contribution < -0.4 is 15.6 Å². The van der Waals surface area contributed by atoms with Gasteiger partial charge in [0.1, 0.15) is 5.69 Å². The van der Waals surface area contributed by atoms with Gasteiger partial charge in [0.2, 0.25) is 0 Å². The Morgan fingerprint density at radius 2 is 1.65 bits per heavy atom. The van der Waals surface area contributed by atoms with Crippen molar-refractivity contribution in [2.45, 2.75) is 6.54 Å². The van der Waals surface area contributed by atoms with Crippen LogP contribution in [-0.2, 0) is 11.3 Å². The average Bonchev–Trinajstić information content (AvgIpc) is 2.93. The van der Waals surface area contributed by atoms with Crippen LogP contribution in [0.2, 0.25) is 5.02 Å². The molecule has 2 heterocycles. The zero-order valence-corrected chi connectivity index (χ0v) is 20.6. The Bertz CT molecular complexity index is 1530. The number of carbonyl (C=O) groups is 2. The van der Waals surface area contributed by atoms with E-state index in [1.165, 1.54) is 4.57 Å². The molecule has 0 aliphatic carbocycles. The van der Waals surface area contributed by atoms with E-state index in [-0.39, 0.29) is 17.8 Å². The first-order valence-corrected chi connectivity index (χ1v) is 12.2. The molecular weight excluding hydrogens is 494 g/mol. The molecule has 1 amide bonds. The van der Waals surface area contributed by atoms with Crippen LogP contribution in [0.5, 0.6) is 0 Å². The maximum absolute atomic E-state index is 13.4. The maximum atomic E-state index is 13.4.